The van der Waals surface area contributed by atoms with Crippen LogP contribution in [0.25, 0.3) is 0 Å². The van der Waals surface area contributed by atoms with Gasteiger partial charge in [0.05, 0.1) is 19.5 Å². The second-order valence-corrected chi connectivity index (χ2v) is 4.01. The second kappa shape index (κ2) is 8.65. The molecule has 1 heterocycles. The lowest BCUT2D eigenvalue weighted by Crippen LogP contribution is -2.33. The molecule has 1 amide bonds. The van der Waals surface area contributed by atoms with Gasteiger partial charge < -0.3 is 13.9 Å². The van der Waals surface area contributed by atoms with Crippen molar-refractivity contribution in [1.82, 2.24) is 10.3 Å². The SMILES string of the molecule is COCCN(CCOC)Cc1ccoc1C(=O)NN. The number of methoxy groups -OCH3 is 2. The minimum atomic E-state index is -0.432. The van der Waals surface area contributed by atoms with Crippen LogP contribution in [-0.2, 0) is 16.0 Å². The summed E-state index contributed by atoms with van der Waals surface area (Å²) in [7, 11) is 3.30. The molecule has 0 radical (unpaired) electrons. The van der Waals surface area contributed by atoms with Crippen molar-refractivity contribution in [1.29, 1.82) is 0 Å². The van der Waals surface area contributed by atoms with Gasteiger partial charge in [-0.05, 0) is 6.07 Å². The molecule has 1 rings (SSSR count). The lowest BCUT2D eigenvalue weighted by atomic mass is 10.2. The zero-order valence-electron chi connectivity index (χ0n) is 11.3. The number of carbonyl (C=O) groups excluding carboxylic acids is 1. The number of hydrogen-bond acceptors (Lipinski definition) is 6. The number of nitrogens with two attached hydrogens (primary N) is 1. The normalized spacial score (nSPS) is 10.9. The molecule has 108 valence electrons. The zero-order valence-corrected chi connectivity index (χ0v) is 11.3. The largest absolute Gasteiger partial charge is 0.459 e. The fraction of sp³-hybridized carbons (Fsp3) is 0.583. The van der Waals surface area contributed by atoms with Crippen LogP contribution >= 0.6 is 0 Å². The van der Waals surface area contributed by atoms with Crippen LogP contribution in [-0.4, -0.2) is 51.3 Å². The first-order valence-corrected chi connectivity index (χ1v) is 6.00. The van der Waals surface area contributed by atoms with Crippen LogP contribution in [0, 0.1) is 0 Å². The summed E-state index contributed by atoms with van der Waals surface area (Å²) in [5.41, 5.74) is 2.85. The van der Waals surface area contributed by atoms with E-state index in [0.717, 1.165) is 18.7 Å². The predicted octanol–water partition coefficient (Wildman–Crippen LogP) is -0.0221. The van der Waals surface area contributed by atoms with Gasteiger partial charge in [-0.1, -0.05) is 0 Å². The Balaban J connectivity index is 2.66. The Kier molecular flexibility index (Phi) is 7.12. The quantitative estimate of drug-likeness (QED) is 0.373. The Morgan fingerprint density at radius 1 is 1.37 bits per heavy atom. The number of nitrogens with one attached hydrogen (secondary N) is 1. The Morgan fingerprint density at radius 2 is 2.00 bits per heavy atom. The first-order chi connectivity index (χ1) is 9.22. The van der Waals surface area contributed by atoms with Gasteiger partial charge in [-0.2, -0.15) is 0 Å². The number of hydrogen-bond donors (Lipinski definition) is 2. The third-order valence-corrected chi connectivity index (χ3v) is 2.70. The van der Waals surface area contributed by atoms with Crippen LogP contribution in [0.1, 0.15) is 16.1 Å². The van der Waals surface area contributed by atoms with Crippen molar-refractivity contribution in [3.8, 4) is 0 Å². The molecule has 7 heteroatoms. The number of carbonyl (C=O) groups is 1. The number of rotatable bonds is 9. The number of nitrogen functional groups attached to an aromatic ring is 1. The maximum absolute atomic E-state index is 11.5. The Hall–Kier alpha value is -1.41. The number of amides is 1. The van der Waals surface area contributed by atoms with E-state index in [0.29, 0.717) is 19.8 Å². The van der Waals surface area contributed by atoms with Gasteiger partial charge in [-0.25, -0.2) is 5.84 Å². The van der Waals surface area contributed by atoms with Crippen LogP contribution in [0.15, 0.2) is 16.7 Å². The minimum absolute atomic E-state index is 0.238. The highest BCUT2D eigenvalue weighted by Gasteiger charge is 2.16. The molecule has 0 fully saturated rings. The van der Waals surface area contributed by atoms with Crippen molar-refractivity contribution < 1.29 is 18.7 Å². The molecular weight excluding hydrogens is 250 g/mol. The molecule has 1 aromatic heterocycles. The first kappa shape index (κ1) is 15.6. The Bertz CT molecular complexity index is 373. The highest BCUT2D eigenvalue weighted by atomic mass is 16.5. The fourth-order valence-corrected chi connectivity index (χ4v) is 1.68. The van der Waals surface area contributed by atoms with Gasteiger partial charge in [-0.15, -0.1) is 0 Å². The van der Waals surface area contributed by atoms with Gasteiger partial charge in [0.1, 0.15) is 0 Å². The molecule has 1 aromatic rings. The summed E-state index contributed by atoms with van der Waals surface area (Å²) in [4.78, 5) is 13.6. The van der Waals surface area contributed by atoms with Gasteiger partial charge in [0, 0.05) is 39.4 Å². The first-order valence-electron chi connectivity index (χ1n) is 6.00. The summed E-state index contributed by atoms with van der Waals surface area (Å²) in [6.45, 7) is 3.29. The Labute approximate surface area is 112 Å². The maximum atomic E-state index is 11.5. The summed E-state index contributed by atoms with van der Waals surface area (Å²) in [6, 6.07) is 1.76. The molecule has 0 saturated heterocycles. The summed E-state index contributed by atoms with van der Waals surface area (Å²) >= 11 is 0. The van der Waals surface area contributed by atoms with Gasteiger partial charge >= 0.3 is 5.91 Å². The smallest absolute Gasteiger partial charge is 0.301 e. The van der Waals surface area contributed by atoms with Gasteiger partial charge in [0.2, 0.25) is 0 Å². The molecular formula is C12H21N3O4. The van der Waals surface area contributed by atoms with Crippen LogP contribution in [0.5, 0.6) is 0 Å². The van der Waals surface area contributed by atoms with Crippen molar-refractivity contribution in [3.63, 3.8) is 0 Å². The van der Waals surface area contributed by atoms with E-state index in [1.165, 1.54) is 6.26 Å². The molecule has 0 aliphatic rings. The van der Waals surface area contributed by atoms with Gasteiger partial charge in [0.25, 0.3) is 0 Å². The Morgan fingerprint density at radius 3 is 2.53 bits per heavy atom. The third-order valence-electron chi connectivity index (χ3n) is 2.70. The number of nitrogens with zero attached hydrogens (tertiary/aromatic N) is 1. The molecule has 0 aliphatic carbocycles. The van der Waals surface area contributed by atoms with Crippen molar-refractivity contribution in [3.05, 3.63) is 23.7 Å². The minimum Gasteiger partial charge on any atom is -0.459 e. The molecule has 3 N–H and O–H groups in total. The summed E-state index contributed by atoms with van der Waals surface area (Å²) < 4.78 is 15.3. The summed E-state index contributed by atoms with van der Waals surface area (Å²) in [5, 5.41) is 0. The monoisotopic (exact) mass is 271 g/mol. The van der Waals surface area contributed by atoms with E-state index >= 15 is 0 Å². The molecule has 0 unspecified atom stereocenters. The molecule has 0 aliphatic heterocycles. The molecule has 0 bridgehead atoms. The van der Waals surface area contributed by atoms with E-state index in [1.54, 1.807) is 20.3 Å². The standard InChI is InChI=1S/C12H21N3O4/c1-17-7-4-15(5-8-18-2)9-10-3-6-19-11(10)12(16)14-13/h3,6H,4-5,7-9,13H2,1-2H3,(H,14,16). The molecule has 0 atom stereocenters. The van der Waals surface area contributed by atoms with Crippen molar-refractivity contribution in [2.45, 2.75) is 6.54 Å². The number of ether oxygens (including phenoxy) is 2. The van der Waals surface area contributed by atoms with E-state index in [1.807, 2.05) is 0 Å². The van der Waals surface area contributed by atoms with Crippen LogP contribution in [0.4, 0.5) is 0 Å². The van der Waals surface area contributed by atoms with Crippen molar-refractivity contribution in [2.24, 2.45) is 5.84 Å². The van der Waals surface area contributed by atoms with Crippen LogP contribution in [0.3, 0.4) is 0 Å². The maximum Gasteiger partial charge on any atom is 0.301 e. The van der Waals surface area contributed by atoms with Crippen LogP contribution < -0.4 is 11.3 Å². The fourth-order valence-electron chi connectivity index (χ4n) is 1.68. The highest BCUT2D eigenvalue weighted by molar-refractivity contribution is 5.92. The molecule has 19 heavy (non-hydrogen) atoms. The van der Waals surface area contributed by atoms with Crippen molar-refractivity contribution in [2.75, 3.05) is 40.5 Å². The van der Waals surface area contributed by atoms with E-state index in [4.69, 9.17) is 19.7 Å². The van der Waals surface area contributed by atoms with Crippen LogP contribution in [0.2, 0.25) is 0 Å². The van der Waals surface area contributed by atoms with Gasteiger partial charge in [0.15, 0.2) is 5.76 Å². The number of hydrazine groups is 1. The van der Waals surface area contributed by atoms with Crippen molar-refractivity contribution >= 4 is 5.91 Å². The predicted molar refractivity (Wildman–Crippen MR) is 69.4 cm³/mol. The average molecular weight is 271 g/mol. The van der Waals surface area contributed by atoms with E-state index in [9.17, 15) is 4.79 Å². The van der Waals surface area contributed by atoms with E-state index in [2.05, 4.69) is 10.3 Å². The average Bonchev–Trinajstić information content (AvgIpc) is 2.89. The summed E-state index contributed by atoms with van der Waals surface area (Å²) in [6.07, 6.45) is 1.48. The molecule has 0 aromatic carbocycles. The summed E-state index contributed by atoms with van der Waals surface area (Å²) in [5.74, 6) is 4.92. The second-order valence-electron chi connectivity index (χ2n) is 4.01. The lowest BCUT2D eigenvalue weighted by Gasteiger charge is -2.21. The molecule has 0 spiro atoms. The van der Waals surface area contributed by atoms with E-state index in [-0.39, 0.29) is 5.76 Å². The third kappa shape index (κ3) is 4.99. The molecule has 0 saturated carbocycles. The lowest BCUT2D eigenvalue weighted by molar-refractivity contribution is 0.0918. The molecule has 7 nitrogen and oxygen atoms in total. The van der Waals surface area contributed by atoms with Gasteiger partial charge in [-0.3, -0.25) is 15.1 Å². The van der Waals surface area contributed by atoms with E-state index < -0.39 is 5.91 Å². The topological polar surface area (TPSA) is 90.0 Å². The highest BCUT2D eigenvalue weighted by Crippen LogP contribution is 2.13. The number of furan rings is 1. The zero-order chi connectivity index (χ0) is 14.1.